The van der Waals surface area contributed by atoms with Crippen LogP contribution in [0, 0.1) is 11.2 Å². The fourth-order valence-corrected chi connectivity index (χ4v) is 2.69. The topological polar surface area (TPSA) is 58.4 Å². The van der Waals surface area contributed by atoms with Crippen molar-refractivity contribution in [3.8, 4) is 0 Å². The predicted octanol–water partition coefficient (Wildman–Crippen LogP) is 2.28. The van der Waals surface area contributed by atoms with Crippen LogP contribution in [-0.2, 0) is 4.79 Å². The number of piperidine rings is 1. The standard InChI is InChI=1S/C17H26FN3O/c1-17(2,3)15(19)16(22)20-13-7-5-9-21(11-13)14-8-4-6-12(18)10-14/h4,6,8,10,13,15H,5,7,9,11,19H2,1-3H3,(H,20,22)/t13?,15-/m1/s1. The maximum atomic E-state index is 13.4. The van der Waals surface area contributed by atoms with Crippen molar-refractivity contribution in [2.45, 2.75) is 45.7 Å². The van der Waals surface area contributed by atoms with Crippen molar-refractivity contribution in [1.82, 2.24) is 5.32 Å². The van der Waals surface area contributed by atoms with Gasteiger partial charge in [0.15, 0.2) is 0 Å². The minimum absolute atomic E-state index is 0.0536. The van der Waals surface area contributed by atoms with Crippen LogP contribution in [0.3, 0.4) is 0 Å². The summed E-state index contributed by atoms with van der Waals surface area (Å²) >= 11 is 0. The zero-order valence-corrected chi connectivity index (χ0v) is 13.6. The molecule has 1 aromatic carbocycles. The highest BCUT2D eigenvalue weighted by Crippen LogP contribution is 2.22. The van der Waals surface area contributed by atoms with E-state index in [2.05, 4.69) is 10.2 Å². The molecule has 4 nitrogen and oxygen atoms in total. The van der Waals surface area contributed by atoms with Crippen LogP contribution < -0.4 is 16.0 Å². The lowest BCUT2D eigenvalue weighted by Gasteiger charge is -2.36. The second-order valence-electron chi connectivity index (χ2n) is 7.12. The number of rotatable bonds is 3. The first-order valence-electron chi connectivity index (χ1n) is 7.84. The molecule has 1 saturated heterocycles. The first-order chi connectivity index (χ1) is 10.3. The van der Waals surface area contributed by atoms with Crippen LogP contribution in [0.5, 0.6) is 0 Å². The van der Waals surface area contributed by atoms with Crippen LogP contribution in [0.1, 0.15) is 33.6 Å². The van der Waals surface area contributed by atoms with E-state index in [1.54, 1.807) is 6.07 Å². The van der Waals surface area contributed by atoms with E-state index in [9.17, 15) is 9.18 Å². The molecule has 22 heavy (non-hydrogen) atoms. The zero-order valence-electron chi connectivity index (χ0n) is 13.6. The highest BCUT2D eigenvalue weighted by atomic mass is 19.1. The minimum atomic E-state index is -0.531. The van der Waals surface area contributed by atoms with Crippen LogP contribution in [0.15, 0.2) is 24.3 Å². The molecule has 1 fully saturated rings. The van der Waals surface area contributed by atoms with Gasteiger partial charge in [-0.15, -0.1) is 0 Å². The summed E-state index contributed by atoms with van der Waals surface area (Å²) in [5.74, 6) is -0.350. The molecule has 5 heteroatoms. The highest BCUT2D eigenvalue weighted by Gasteiger charge is 2.30. The van der Waals surface area contributed by atoms with Crippen molar-refractivity contribution >= 4 is 11.6 Å². The van der Waals surface area contributed by atoms with Crippen LogP contribution in [0.2, 0.25) is 0 Å². The smallest absolute Gasteiger partial charge is 0.237 e. The largest absolute Gasteiger partial charge is 0.369 e. The first kappa shape index (κ1) is 16.7. The molecule has 1 unspecified atom stereocenters. The van der Waals surface area contributed by atoms with Crippen LogP contribution in [-0.4, -0.2) is 31.1 Å². The molecule has 0 saturated carbocycles. The Balaban J connectivity index is 1.98. The van der Waals surface area contributed by atoms with Crippen molar-refractivity contribution in [3.05, 3.63) is 30.1 Å². The Morgan fingerprint density at radius 1 is 1.45 bits per heavy atom. The normalized spacial score (nSPS) is 20.6. The lowest BCUT2D eigenvalue weighted by Crippen LogP contribution is -2.55. The van der Waals surface area contributed by atoms with E-state index in [-0.39, 0.29) is 23.2 Å². The molecule has 0 bridgehead atoms. The van der Waals surface area contributed by atoms with Gasteiger partial charge >= 0.3 is 0 Å². The van der Waals surface area contributed by atoms with E-state index in [4.69, 9.17) is 5.73 Å². The van der Waals surface area contributed by atoms with Gasteiger partial charge in [0.05, 0.1) is 6.04 Å². The highest BCUT2D eigenvalue weighted by molar-refractivity contribution is 5.82. The van der Waals surface area contributed by atoms with E-state index in [1.807, 2.05) is 26.8 Å². The number of amides is 1. The first-order valence-corrected chi connectivity index (χ1v) is 7.84. The van der Waals surface area contributed by atoms with Crippen molar-refractivity contribution in [2.75, 3.05) is 18.0 Å². The molecule has 1 aromatic rings. The van der Waals surface area contributed by atoms with Crippen LogP contribution >= 0.6 is 0 Å². The zero-order chi connectivity index (χ0) is 16.3. The molecule has 1 aliphatic rings. The molecule has 1 heterocycles. The maximum absolute atomic E-state index is 13.4. The summed E-state index contributed by atoms with van der Waals surface area (Å²) in [6.07, 6.45) is 1.89. The van der Waals surface area contributed by atoms with Gasteiger partial charge in [-0.1, -0.05) is 26.8 Å². The van der Waals surface area contributed by atoms with Gasteiger partial charge in [-0.2, -0.15) is 0 Å². The Morgan fingerprint density at radius 2 is 2.18 bits per heavy atom. The van der Waals surface area contributed by atoms with E-state index in [0.29, 0.717) is 6.54 Å². The lowest BCUT2D eigenvalue weighted by molar-refractivity contribution is -0.125. The molecule has 1 aliphatic heterocycles. The SMILES string of the molecule is CC(C)(C)[C@H](N)C(=O)NC1CCCN(c2cccc(F)c2)C1. The number of hydrogen-bond donors (Lipinski definition) is 2. The van der Waals surface area contributed by atoms with E-state index in [1.165, 1.54) is 12.1 Å². The van der Waals surface area contributed by atoms with Crippen molar-refractivity contribution < 1.29 is 9.18 Å². The molecule has 0 aromatic heterocycles. The molecule has 2 rings (SSSR count). The van der Waals surface area contributed by atoms with E-state index in [0.717, 1.165) is 25.1 Å². The Labute approximate surface area is 131 Å². The summed E-state index contributed by atoms with van der Waals surface area (Å²) in [6.45, 7) is 7.43. The number of hydrogen-bond acceptors (Lipinski definition) is 3. The summed E-state index contributed by atoms with van der Waals surface area (Å²) in [5.41, 5.74) is 6.60. The fourth-order valence-electron chi connectivity index (χ4n) is 2.69. The van der Waals surface area contributed by atoms with Gasteiger partial charge in [0.1, 0.15) is 5.82 Å². The molecule has 3 N–H and O–H groups in total. The number of nitrogens with one attached hydrogen (secondary N) is 1. The molecule has 0 aliphatic carbocycles. The molecule has 2 atom stereocenters. The molecule has 0 spiro atoms. The Kier molecular flexibility index (Phi) is 5.06. The molecular formula is C17H26FN3O. The average molecular weight is 307 g/mol. The van der Waals surface area contributed by atoms with Gasteiger partial charge in [-0.05, 0) is 36.5 Å². The molecule has 1 amide bonds. The predicted molar refractivity (Wildman–Crippen MR) is 87.2 cm³/mol. The Hall–Kier alpha value is -1.62. The molecule has 0 radical (unpaired) electrons. The summed E-state index contributed by atoms with van der Waals surface area (Å²) in [4.78, 5) is 14.4. The fraction of sp³-hybridized carbons (Fsp3) is 0.588. The number of carbonyl (C=O) groups excluding carboxylic acids is 1. The van der Waals surface area contributed by atoms with Gasteiger partial charge in [0, 0.05) is 24.8 Å². The van der Waals surface area contributed by atoms with Gasteiger partial charge in [0.25, 0.3) is 0 Å². The second-order valence-corrected chi connectivity index (χ2v) is 7.12. The summed E-state index contributed by atoms with van der Waals surface area (Å²) in [5, 5.41) is 3.04. The third-order valence-electron chi connectivity index (χ3n) is 4.16. The van der Waals surface area contributed by atoms with Crippen LogP contribution in [0.25, 0.3) is 0 Å². The molecule has 122 valence electrons. The monoisotopic (exact) mass is 307 g/mol. The third kappa shape index (κ3) is 4.19. The minimum Gasteiger partial charge on any atom is -0.369 e. The quantitative estimate of drug-likeness (QED) is 0.901. The molecular weight excluding hydrogens is 281 g/mol. The van der Waals surface area contributed by atoms with E-state index >= 15 is 0 Å². The summed E-state index contributed by atoms with van der Waals surface area (Å²) in [6, 6.07) is 6.10. The van der Waals surface area contributed by atoms with Crippen molar-refractivity contribution in [3.63, 3.8) is 0 Å². The third-order valence-corrected chi connectivity index (χ3v) is 4.16. The number of nitrogens with two attached hydrogens (primary N) is 1. The van der Waals surface area contributed by atoms with Crippen molar-refractivity contribution in [2.24, 2.45) is 11.1 Å². The summed E-state index contributed by atoms with van der Waals surface area (Å²) in [7, 11) is 0. The number of carbonyl (C=O) groups is 1. The Morgan fingerprint density at radius 3 is 2.82 bits per heavy atom. The number of benzene rings is 1. The lowest BCUT2D eigenvalue weighted by atomic mass is 9.86. The van der Waals surface area contributed by atoms with Gasteiger partial charge in [-0.3, -0.25) is 4.79 Å². The Bertz CT molecular complexity index is 527. The van der Waals surface area contributed by atoms with Crippen molar-refractivity contribution in [1.29, 1.82) is 0 Å². The summed E-state index contributed by atoms with van der Waals surface area (Å²) < 4.78 is 13.4. The van der Waals surface area contributed by atoms with Crippen LogP contribution in [0.4, 0.5) is 10.1 Å². The van der Waals surface area contributed by atoms with Gasteiger partial charge in [-0.25, -0.2) is 4.39 Å². The number of halogens is 1. The number of anilines is 1. The van der Waals surface area contributed by atoms with Gasteiger partial charge in [0.2, 0.25) is 5.91 Å². The van der Waals surface area contributed by atoms with E-state index < -0.39 is 6.04 Å². The number of nitrogens with zero attached hydrogens (tertiary/aromatic N) is 1. The average Bonchev–Trinajstić information content (AvgIpc) is 2.45. The maximum Gasteiger partial charge on any atom is 0.237 e. The van der Waals surface area contributed by atoms with Gasteiger partial charge < -0.3 is 16.0 Å². The second kappa shape index (κ2) is 6.65.